The molecule has 0 saturated heterocycles. The molecule has 0 aromatic carbocycles. The fourth-order valence-electron chi connectivity index (χ4n) is 0. The molecule has 4 heavy (non-hydrogen) atoms. The maximum atomic E-state index is 8.45. The quantitative estimate of drug-likeness (QED) is 0.461. The zero-order valence-corrected chi connectivity index (χ0v) is 9.51. The maximum absolute atomic E-state index is 8.45. The van der Waals surface area contributed by atoms with E-state index in [0.717, 1.165) is 0 Å². The average molecular weight is 225 g/mol. The van der Waals surface area contributed by atoms with Gasteiger partial charge in [0.25, 0.3) is 0 Å². The second kappa shape index (κ2) is 9.01. The molecule has 0 bridgehead atoms. The van der Waals surface area contributed by atoms with Crippen LogP contribution in [0.25, 0.3) is 0 Å². The zero-order chi connectivity index (χ0) is 2.71. The first-order valence-corrected chi connectivity index (χ1v) is 1.18. The summed E-state index contributed by atoms with van der Waals surface area (Å²) in [5.41, 5.74) is 0. The predicted molar refractivity (Wildman–Crippen MR) is 2.91 cm³/mol. The average Bonchev–Trinajstić information content (AvgIpc) is 0.918. The summed E-state index contributed by atoms with van der Waals surface area (Å²) < 4.78 is 15.4. The van der Waals surface area contributed by atoms with Gasteiger partial charge in [-0.3, -0.25) is 0 Å². The van der Waals surface area contributed by atoms with E-state index >= 15 is 0 Å². The Kier molecular flexibility index (Phi) is 21.6. The van der Waals surface area contributed by atoms with Gasteiger partial charge in [0.1, 0.15) is 0 Å². The Morgan fingerprint density at radius 1 is 1.75 bits per heavy atom. The van der Waals surface area contributed by atoms with E-state index in [1.54, 1.807) is 0 Å². The van der Waals surface area contributed by atoms with Gasteiger partial charge in [0.2, 0.25) is 0 Å². The molecule has 0 amide bonds. The van der Waals surface area contributed by atoms with E-state index in [1.165, 1.54) is 0 Å². The van der Waals surface area contributed by atoms with Crippen LogP contribution in [-0.2, 0) is 18.8 Å². The summed E-state index contributed by atoms with van der Waals surface area (Å²) in [6.45, 7) is 0. The van der Waals surface area contributed by atoms with Gasteiger partial charge in [-0.25, -0.2) is 0 Å². The normalized spacial score (nSPS) is 5.25. The van der Waals surface area contributed by atoms with Crippen molar-refractivity contribution in [1.29, 1.82) is 0 Å². The Balaban J connectivity index is 0. The molecule has 0 aliphatic heterocycles. The van der Waals surface area contributed by atoms with Crippen LogP contribution in [0.3, 0.4) is 0 Å². The molecule has 0 unspecified atom stereocenters. The second-order valence-electron chi connectivity index (χ2n) is 0.0609. The van der Waals surface area contributed by atoms with Crippen molar-refractivity contribution >= 4 is 0 Å². The molecule has 0 aromatic heterocycles. The Hall–Kier alpha value is 2.32. The molecule has 0 fully saturated rings. The second-order valence-corrected chi connectivity index (χ2v) is 0.251. The topological polar surface area (TPSA) is 37.3 Å². The first kappa shape index (κ1) is 9.58. The number of hydrogen-bond acceptors (Lipinski definition) is 1. The van der Waals surface area contributed by atoms with Crippen molar-refractivity contribution in [2.75, 3.05) is 0 Å². The van der Waals surface area contributed by atoms with Crippen molar-refractivity contribution in [3.63, 3.8) is 0 Å². The van der Waals surface area contributed by atoms with E-state index in [9.17, 15) is 0 Å². The first-order valence-electron chi connectivity index (χ1n) is 0.285. The molecule has 4 heteroatoms. The number of rotatable bonds is 0. The van der Waals surface area contributed by atoms with Gasteiger partial charge in [-0.05, 0) is 0 Å². The molecule has 0 aromatic rings. The zero-order valence-electron chi connectivity index (χ0n) is 2.19. The summed E-state index contributed by atoms with van der Waals surface area (Å²) in [7, 11) is 0. The summed E-state index contributed by atoms with van der Waals surface area (Å²) in [4.78, 5) is 0. The standard InChI is InChI=1S/Co.Cs.H2O.O/h;;1H2;/q;+1;;/p-1. The van der Waals surface area contributed by atoms with E-state index in [0.29, 0.717) is 0 Å². The fraction of sp³-hybridized carbons (Fsp3) is 0. The van der Waals surface area contributed by atoms with Crippen molar-refractivity contribution in [3.8, 4) is 0 Å². The molecular formula is HCoCsO2. The summed E-state index contributed by atoms with van der Waals surface area (Å²) in [6, 6.07) is 0. The van der Waals surface area contributed by atoms with Gasteiger partial charge in [0.15, 0.2) is 0 Å². The van der Waals surface area contributed by atoms with Crippen molar-refractivity contribution in [2.24, 2.45) is 0 Å². The van der Waals surface area contributed by atoms with Crippen LogP contribution in [-0.4, -0.2) is 4.22 Å². The van der Waals surface area contributed by atoms with Gasteiger partial charge in [0.05, 0.1) is 0 Å². The van der Waals surface area contributed by atoms with E-state index < -0.39 is 15.0 Å². The van der Waals surface area contributed by atoms with Crippen LogP contribution in [0.15, 0.2) is 0 Å². The molecule has 0 atom stereocenters. The molecule has 1 N–H and O–H groups in total. The summed E-state index contributed by atoms with van der Waals surface area (Å²) in [5.74, 6) is 0. The monoisotopic (exact) mass is 225 g/mol. The van der Waals surface area contributed by atoms with Crippen molar-refractivity contribution in [1.82, 2.24) is 0 Å². The molecule has 23 valence electrons. The van der Waals surface area contributed by atoms with Crippen LogP contribution in [0.2, 0.25) is 0 Å². The molecule has 0 spiro atoms. The fourth-order valence-corrected chi connectivity index (χ4v) is 0. The van der Waals surface area contributed by atoms with E-state index in [1.807, 2.05) is 0 Å². The van der Waals surface area contributed by atoms with Gasteiger partial charge in [-0.15, -0.1) is 0 Å². The van der Waals surface area contributed by atoms with Gasteiger partial charge in [0, 0.05) is 0 Å². The minimum absolute atomic E-state index is 0. The number of hydrogen-bond donors (Lipinski definition) is 1. The third-order valence-corrected chi connectivity index (χ3v) is 0. The van der Waals surface area contributed by atoms with Gasteiger partial charge in [-0.1, -0.05) is 0 Å². The van der Waals surface area contributed by atoms with Crippen LogP contribution in [0.4, 0.5) is 0 Å². The van der Waals surface area contributed by atoms with Gasteiger partial charge >= 0.3 is 91.9 Å². The molecule has 0 heterocycles. The van der Waals surface area contributed by atoms with Crippen molar-refractivity contribution < 1.29 is 91.9 Å². The molecule has 2 nitrogen and oxygen atoms in total. The van der Waals surface area contributed by atoms with Crippen LogP contribution in [0, 0.1) is 0 Å². The van der Waals surface area contributed by atoms with E-state index in [2.05, 4.69) is 0 Å². The van der Waals surface area contributed by atoms with Gasteiger partial charge < -0.3 is 0 Å². The van der Waals surface area contributed by atoms with Crippen molar-refractivity contribution in [3.05, 3.63) is 0 Å². The van der Waals surface area contributed by atoms with E-state index in [-0.39, 0.29) is 68.9 Å². The molecule has 0 radical (unpaired) electrons. The summed E-state index contributed by atoms with van der Waals surface area (Å²) in [5, 5.41) is 0. The first-order chi connectivity index (χ1) is 1.41. The van der Waals surface area contributed by atoms with Crippen LogP contribution in [0.5, 0.6) is 0 Å². The molecule has 0 rings (SSSR count). The Bertz CT molecular complexity index is 13.5. The predicted octanol–water partition coefficient (Wildman–Crippen LogP) is -3.67. The third-order valence-electron chi connectivity index (χ3n) is 0. The molecule has 0 aliphatic carbocycles. The van der Waals surface area contributed by atoms with Crippen LogP contribution >= 0.6 is 0 Å². The van der Waals surface area contributed by atoms with Crippen LogP contribution in [0.1, 0.15) is 0 Å². The summed E-state index contributed by atoms with van der Waals surface area (Å²) in [6.07, 6.45) is 0. The van der Waals surface area contributed by atoms with Gasteiger partial charge in [-0.2, -0.15) is 0 Å². The Morgan fingerprint density at radius 3 is 1.75 bits per heavy atom. The van der Waals surface area contributed by atoms with Crippen molar-refractivity contribution in [2.45, 2.75) is 0 Å². The summed E-state index contributed by atoms with van der Waals surface area (Å²) >= 11 is -0.812. The Morgan fingerprint density at radius 2 is 1.75 bits per heavy atom. The third kappa shape index (κ3) is 8.85. The molecule has 0 aliphatic rings. The Labute approximate surface area is 89.3 Å². The van der Waals surface area contributed by atoms with Crippen LogP contribution < -0.4 is 68.9 Å². The minimum atomic E-state index is -0.812. The molecule has 0 saturated carbocycles. The van der Waals surface area contributed by atoms with E-state index in [4.69, 9.17) is 8.08 Å². The molecular weight excluding hydrogens is 224 g/mol. The SMILES string of the molecule is [Cs+].[O]=[Co-][OH].